The van der Waals surface area contributed by atoms with E-state index in [2.05, 4.69) is 0 Å². The molecular formula is C20H21N3O8. The molecule has 0 aliphatic heterocycles. The lowest BCUT2D eigenvalue weighted by Gasteiger charge is -2.52. The summed E-state index contributed by atoms with van der Waals surface area (Å²) in [7, 11) is 0. The molecule has 0 bridgehead atoms. The minimum absolute atomic E-state index is 0.0824. The van der Waals surface area contributed by atoms with Crippen LogP contribution in [0.3, 0.4) is 0 Å². The second kappa shape index (κ2) is 6.30. The number of fused-ring (bicyclic) bond motifs is 3. The Morgan fingerprint density at radius 2 is 1.77 bits per heavy atom. The maximum atomic E-state index is 13.4. The highest BCUT2D eigenvalue weighted by atomic mass is 16.4. The number of aromatic hydroxyl groups is 1. The number of aliphatic hydroxyl groups is 4. The molecule has 3 aliphatic carbocycles. The zero-order valence-corrected chi connectivity index (χ0v) is 16.2. The molecule has 1 aromatic carbocycles. The summed E-state index contributed by atoms with van der Waals surface area (Å²) < 4.78 is 0. The highest BCUT2D eigenvalue weighted by Crippen LogP contribution is 2.55. The fourth-order valence-electron chi connectivity index (χ4n) is 5.15. The molecule has 1 saturated carbocycles. The number of rotatable bonds is 1. The second-order valence-corrected chi connectivity index (χ2v) is 8.13. The van der Waals surface area contributed by atoms with Gasteiger partial charge in [0.05, 0.1) is 29.3 Å². The first-order valence-electron chi connectivity index (χ1n) is 9.40. The molecule has 4 rings (SSSR count). The zero-order valence-electron chi connectivity index (χ0n) is 16.2. The topological polar surface area (TPSA) is 230 Å². The monoisotopic (exact) mass is 431 g/mol. The van der Waals surface area contributed by atoms with Crippen molar-refractivity contribution in [1.82, 2.24) is 0 Å². The van der Waals surface area contributed by atoms with Crippen molar-refractivity contribution in [2.45, 2.75) is 30.6 Å². The number of phenolic OH excluding ortho intramolecular Hbond substituents is 1. The van der Waals surface area contributed by atoms with Crippen molar-refractivity contribution in [3.05, 3.63) is 40.2 Å². The summed E-state index contributed by atoms with van der Waals surface area (Å²) in [5, 5.41) is 54.2. The van der Waals surface area contributed by atoms with E-state index in [4.69, 9.17) is 17.2 Å². The number of Topliss-reactive ketones (excluding diaryl/α,β-unsaturated/α-hetero) is 2. The van der Waals surface area contributed by atoms with Crippen molar-refractivity contribution in [2.75, 3.05) is 5.73 Å². The first-order chi connectivity index (χ1) is 14.4. The van der Waals surface area contributed by atoms with E-state index in [0.717, 1.165) is 0 Å². The molecular weight excluding hydrogens is 410 g/mol. The van der Waals surface area contributed by atoms with Gasteiger partial charge in [0.1, 0.15) is 22.8 Å². The van der Waals surface area contributed by atoms with Crippen molar-refractivity contribution in [1.29, 1.82) is 0 Å². The standard InChI is InChI=1S/C20H21N3O8/c1-4-5-2-3-6(21)13(24)8(5)14(25)9-7(4)15(26)11-12(22)16(27)10(19(23)30)18(29)20(11,31)17(9)28/h2-4,7,11-12,15,24-26,29,31H,21-22H2,1H3,(H2,23,30)/t4-,7+,11+,12-,15-,20-/m0/s1. The van der Waals surface area contributed by atoms with Crippen LogP contribution in [0.25, 0.3) is 5.76 Å². The molecule has 164 valence electrons. The van der Waals surface area contributed by atoms with Crippen molar-refractivity contribution in [3.63, 3.8) is 0 Å². The molecule has 0 aromatic heterocycles. The Labute approximate surface area is 175 Å². The largest absolute Gasteiger partial charge is 0.508 e. The van der Waals surface area contributed by atoms with Crippen LogP contribution in [0.2, 0.25) is 0 Å². The van der Waals surface area contributed by atoms with Gasteiger partial charge in [-0.1, -0.05) is 13.0 Å². The molecule has 0 spiro atoms. The van der Waals surface area contributed by atoms with E-state index < -0.39 is 81.4 Å². The Balaban J connectivity index is 2.06. The van der Waals surface area contributed by atoms with Gasteiger partial charge < -0.3 is 42.7 Å². The summed E-state index contributed by atoms with van der Waals surface area (Å²) in [5.74, 6) is -9.97. The summed E-state index contributed by atoms with van der Waals surface area (Å²) in [6.07, 6.45) is -1.70. The van der Waals surface area contributed by atoms with E-state index in [1.165, 1.54) is 12.1 Å². The van der Waals surface area contributed by atoms with Crippen LogP contribution in [-0.2, 0) is 14.4 Å². The van der Waals surface area contributed by atoms with Gasteiger partial charge in [-0.15, -0.1) is 0 Å². The Kier molecular flexibility index (Phi) is 4.23. The average Bonchev–Trinajstić information content (AvgIpc) is 2.69. The van der Waals surface area contributed by atoms with Crippen LogP contribution in [0.15, 0.2) is 29.0 Å². The molecule has 3 aliphatic rings. The van der Waals surface area contributed by atoms with Gasteiger partial charge in [-0.05, 0) is 17.5 Å². The Bertz CT molecular complexity index is 1140. The number of carbonyl (C=O) groups is 3. The van der Waals surface area contributed by atoms with E-state index in [9.17, 15) is 39.9 Å². The van der Waals surface area contributed by atoms with Crippen molar-refractivity contribution in [3.8, 4) is 5.75 Å². The Morgan fingerprint density at radius 3 is 2.35 bits per heavy atom. The molecule has 0 saturated heterocycles. The third-order valence-electron chi connectivity index (χ3n) is 6.69. The Morgan fingerprint density at radius 1 is 1.16 bits per heavy atom. The smallest absolute Gasteiger partial charge is 0.255 e. The number of nitrogen functional groups attached to an aromatic ring is 1. The van der Waals surface area contributed by atoms with Crippen LogP contribution in [0.4, 0.5) is 5.69 Å². The molecule has 31 heavy (non-hydrogen) atoms. The van der Waals surface area contributed by atoms with Crippen LogP contribution in [0, 0.1) is 11.8 Å². The number of primary amides is 1. The quantitative estimate of drug-likeness (QED) is 0.145. The van der Waals surface area contributed by atoms with E-state index >= 15 is 0 Å². The van der Waals surface area contributed by atoms with Crippen LogP contribution in [-0.4, -0.2) is 60.8 Å². The van der Waals surface area contributed by atoms with Crippen molar-refractivity contribution >= 4 is 28.9 Å². The van der Waals surface area contributed by atoms with Crippen LogP contribution >= 0.6 is 0 Å². The fourth-order valence-corrected chi connectivity index (χ4v) is 5.15. The molecule has 1 amide bonds. The molecule has 1 fully saturated rings. The van der Waals surface area contributed by atoms with Crippen molar-refractivity contribution in [2.24, 2.45) is 23.3 Å². The molecule has 1 aromatic rings. The van der Waals surface area contributed by atoms with E-state index in [1.54, 1.807) is 6.92 Å². The highest BCUT2D eigenvalue weighted by Gasteiger charge is 2.67. The molecule has 0 radical (unpaired) electrons. The third-order valence-corrected chi connectivity index (χ3v) is 6.69. The lowest BCUT2D eigenvalue weighted by atomic mass is 9.54. The van der Waals surface area contributed by atoms with Crippen molar-refractivity contribution < 1.29 is 39.9 Å². The Hall–Kier alpha value is -3.41. The van der Waals surface area contributed by atoms with E-state index in [-0.39, 0.29) is 11.3 Å². The zero-order chi connectivity index (χ0) is 23.2. The van der Waals surface area contributed by atoms with Crippen LogP contribution in [0.1, 0.15) is 24.0 Å². The summed E-state index contributed by atoms with van der Waals surface area (Å²) in [5.41, 5.74) is 12.3. The number of ketones is 2. The molecule has 11 N–H and O–H groups in total. The summed E-state index contributed by atoms with van der Waals surface area (Å²) >= 11 is 0. The molecule has 0 heterocycles. The number of hydrogen-bond acceptors (Lipinski definition) is 10. The number of hydrogen-bond donors (Lipinski definition) is 8. The van der Waals surface area contributed by atoms with Crippen LogP contribution < -0.4 is 17.2 Å². The fraction of sp³-hybridized carbons (Fsp3) is 0.350. The predicted molar refractivity (Wildman–Crippen MR) is 105 cm³/mol. The SMILES string of the molecule is C[C@H]1c2ccc(N)c(O)c2C(O)=C2C(=O)[C@]3(O)C(O)=C(C(N)=O)C(=O)[C@@H](N)[C@@H]3[C@@H](O)[C@@H]21. The van der Waals surface area contributed by atoms with Crippen LogP contribution in [0.5, 0.6) is 5.75 Å². The van der Waals surface area contributed by atoms with Gasteiger partial charge in [0, 0.05) is 11.5 Å². The summed E-state index contributed by atoms with van der Waals surface area (Å²) in [4.78, 5) is 37.7. The van der Waals surface area contributed by atoms with E-state index in [1.807, 2.05) is 0 Å². The lowest BCUT2D eigenvalue weighted by Crippen LogP contribution is -2.70. The molecule has 11 nitrogen and oxygen atoms in total. The highest BCUT2D eigenvalue weighted by molar-refractivity contribution is 6.24. The number of phenols is 1. The maximum absolute atomic E-state index is 13.4. The second-order valence-electron chi connectivity index (χ2n) is 8.13. The maximum Gasteiger partial charge on any atom is 0.255 e. The first-order valence-corrected chi connectivity index (χ1v) is 9.40. The van der Waals surface area contributed by atoms with Gasteiger partial charge in [0.2, 0.25) is 5.78 Å². The van der Waals surface area contributed by atoms with E-state index in [0.29, 0.717) is 5.56 Å². The van der Waals surface area contributed by atoms with Gasteiger partial charge in [-0.3, -0.25) is 14.4 Å². The number of carbonyl (C=O) groups excluding carboxylic acids is 3. The molecule has 6 atom stereocenters. The van der Waals surface area contributed by atoms with Gasteiger partial charge in [0.25, 0.3) is 5.91 Å². The first kappa shape index (κ1) is 20.8. The average molecular weight is 431 g/mol. The normalized spacial score (nSPS) is 34.9. The molecule has 11 heteroatoms. The van der Waals surface area contributed by atoms with Gasteiger partial charge in [-0.25, -0.2) is 0 Å². The van der Waals surface area contributed by atoms with Gasteiger partial charge in [-0.2, -0.15) is 0 Å². The van der Waals surface area contributed by atoms with Gasteiger partial charge in [0.15, 0.2) is 11.4 Å². The number of aliphatic hydroxyl groups excluding tert-OH is 3. The number of anilines is 1. The minimum atomic E-state index is -3.00. The summed E-state index contributed by atoms with van der Waals surface area (Å²) in [6.45, 7) is 1.60. The lowest BCUT2D eigenvalue weighted by molar-refractivity contribution is -0.163. The number of nitrogens with two attached hydrogens (primary N) is 3. The summed E-state index contributed by atoms with van der Waals surface area (Å²) in [6, 6.07) is 1.16. The molecule has 0 unspecified atom stereocenters. The predicted octanol–water partition coefficient (Wildman–Crippen LogP) is -1.52. The number of benzene rings is 1. The third kappa shape index (κ3) is 2.30. The van der Waals surface area contributed by atoms with Gasteiger partial charge >= 0.3 is 0 Å². The number of amides is 1. The minimum Gasteiger partial charge on any atom is -0.508 e.